The molecule has 0 rings (SSSR count). The minimum Gasteiger partial charge on any atom is -0.544 e. The molecular weight excluding hydrogens is 1680 g/mol. The van der Waals surface area contributed by atoms with Crippen molar-refractivity contribution in [3.8, 4) is 0 Å². The Bertz CT molecular complexity index is 2730. The molecular formula is C117H233N9O9+2. The van der Waals surface area contributed by atoms with Gasteiger partial charge in [-0.05, 0) is 226 Å². The summed E-state index contributed by atoms with van der Waals surface area (Å²) in [5.41, 5.74) is 0. The molecule has 3 amide bonds. The van der Waals surface area contributed by atoms with E-state index in [-0.39, 0.29) is 37.4 Å². The van der Waals surface area contributed by atoms with Crippen LogP contribution >= 0.6 is 0 Å². The molecule has 0 radical (unpaired) electrons. The van der Waals surface area contributed by atoms with E-state index in [0.29, 0.717) is 45.8 Å². The second-order valence-electron chi connectivity index (χ2n) is 43.2. The van der Waals surface area contributed by atoms with E-state index in [0.717, 1.165) is 112 Å². The minimum atomic E-state index is -1.03. The number of unbranched alkanes of at least 4 members (excludes halogenated alkanes) is 49. The molecule has 0 heterocycles. The van der Waals surface area contributed by atoms with Gasteiger partial charge in [0.25, 0.3) is 0 Å². The number of quaternary nitrogens is 5. The van der Waals surface area contributed by atoms with Crippen molar-refractivity contribution < 1.29 is 66.5 Å². The zero-order valence-electron chi connectivity index (χ0n) is 93.6. The first-order valence-electron chi connectivity index (χ1n) is 56.5. The number of carboxylic acids is 3. The van der Waals surface area contributed by atoms with Gasteiger partial charge in [0, 0.05) is 51.7 Å². The molecule has 3 N–H and O–H groups in total. The molecule has 0 aromatic carbocycles. The van der Waals surface area contributed by atoms with Gasteiger partial charge in [-0.2, -0.15) is 0 Å². The van der Waals surface area contributed by atoms with Crippen molar-refractivity contribution in [2.24, 2.45) is 0 Å². The fraction of sp³-hybridized carbons (Fsp3) is 0.846. The number of amides is 3. The Balaban J connectivity index is -0.000000373. The molecule has 0 aliphatic heterocycles. The van der Waals surface area contributed by atoms with Gasteiger partial charge in [-0.1, -0.05) is 307 Å². The molecule has 0 aromatic rings. The summed E-state index contributed by atoms with van der Waals surface area (Å²) in [5.74, 6) is -2.38. The van der Waals surface area contributed by atoms with Crippen LogP contribution in [0.2, 0.25) is 0 Å². The average molecular weight is 1910 g/mol. The number of aliphatic carboxylic acids is 3. The largest absolute Gasteiger partial charge is 0.544 e. The second-order valence-corrected chi connectivity index (χ2v) is 43.2. The van der Waals surface area contributed by atoms with Crippen molar-refractivity contribution in [1.29, 1.82) is 0 Å². The third-order valence-electron chi connectivity index (χ3n) is 24.3. The molecule has 798 valence electrons. The van der Waals surface area contributed by atoms with E-state index in [1.54, 1.807) is 0 Å². The summed E-state index contributed by atoms with van der Waals surface area (Å²) in [6.07, 6.45) is 110. The van der Waals surface area contributed by atoms with Crippen LogP contribution in [0.1, 0.15) is 472 Å². The molecule has 18 nitrogen and oxygen atoms in total. The fourth-order valence-corrected chi connectivity index (χ4v) is 15.8. The van der Waals surface area contributed by atoms with Crippen LogP contribution in [0.3, 0.4) is 0 Å². The van der Waals surface area contributed by atoms with E-state index in [4.69, 9.17) is 0 Å². The Labute approximate surface area is 840 Å². The number of carbonyl (C=O) groups is 6. The molecule has 0 saturated carbocycles. The van der Waals surface area contributed by atoms with Gasteiger partial charge in [0.05, 0.1) is 135 Å². The summed E-state index contributed by atoms with van der Waals surface area (Å²) in [5, 5.41) is 40.8. The molecule has 0 aliphatic rings. The zero-order chi connectivity index (χ0) is 102. The molecule has 0 aliphatic carbocycles. The molecule has 18 heteroatoms. The van der Waals surface area contributed by atoms with Crippen LogP contribution < -0.4 is 31.3 Å². The maximum Gasteiger partial charge on any atom is 0.219 e. The first kappa shape index (κ1) is 141. The van der Waals surface area contributed by atoms with Gasteiger partial charge >= 0.3 is 0 Å². The van der Waals surface area contributed by atoms with E-state index >= 15 is 0 Å². The van der Waals surface area contributed by atoms with Crippen LogP contribution in [0.5, 0.6) is 0 Å². The summed E-state index contributed by atoms with van der Waals surface area (Å²) in [7, 11) is 29.1. The summed E-state index contributed by atoms with van der Waals surface area (Å²) in [4.78, 5) is 69.2. The monoisotopic (exact) mass is 1910 g/mol. The normalized spacial score (nSPS) is 12.0. The van der Waals surface area contributed by atoms with Gasteiger partial charge in [0.1, 0.15) is 19.6 Å². The average Bonchev–Trinajstić information content (AvgIpc) is 0.932. The van der Waals surface area contributed by atoms with E-state index in [1.165, 1.54) is 353 Å². The minimum absolute atomic E-state index is 0.00267. The number of nitrogens with zero attached hydrogens (tertiary/aromatic N) is 6. The highest BCUT2D eigenvalue weighted by atomic mass is 16.4. The SMILES string of the molecule is CC/C=C/CCCCCCCC[N+](C)(C)C.CC/C=C/CCCCCCCC[N+](C)(C)CC(=O)[O-].CCCCCC/C=C/CCCCCCCC(=O)NCCCN(C)C.CCCCCC/C=C/CCCCCCCC(=O)NCCC[N+](C)(C)C.CCCCCC/C=C/CCCCCCCC(=O)NCCC[N+](C)(C)CC(=O)[O-].CCCCCC/C=C/CCCCCCCC[N+](C)(C)CC(=O)[O-]. The lowest BCUT2D eigenvalue weighted by Crippen LogP contribution is -2.49. The summed E-state index contributed by atoms with van der Waals surface area (Å²) >= 11 is 0. The van der Waals surface area contributed by atoms with E-state index in [1.807, 2.05) is 42.3 Å². The number of carboxylic acid groups (broad SMARTS) is 3. The number of rotatable bonds is 91. The molecule has 0 aromatic heterocycles. The van der Waals surface area contributed by atoms with Crippen molar-refractivity contribution in [3.05, 3.63) is 72.9 Å². The van der Waals surface area contributed by atoms with Crippen molar-refractivity contribution in [2.75, 3.05) is 177 Å². The first-order valence-corrected chi connectivity index (χ1v) is 56.5. The maximum absolute atomic E-state index is 11.8. The standard InChI is InChI=1S/C23H44N2O3.C22H44N2O.C21H42N2O.C20H39NO2.C16H31NO2.C15H32N/c1-4-5-6-7-8-9-10-11-12-13-14-15-16-18-22(26)24-19-17-20-25(2,3)21-23(27)28;1-5-6-7-8-9-10-11-12-13-14-15-16-17-19-22(25)23-20-18-21-24(2,3)4;1-4-5-6-7-8-9-10-11-12-13-14-15-16-18-21(24)22-19-17-20-23(2)3;1-4-5-6-7-8-9-10-11-12-13-14-15-16-17-18-21(2,3)19-20(22)23;1-4-5-6-7-8-9-10-11-12-13-14-17(2,3)15-16(18)19;1-5-6-7-8-9-10-11-12-13-14-15-16(2,3)4/h9-10H,4-8,11-21H2,1-3H3,(H-,24,26,27,28);10-11H,5-9,12-21H2,1-4H3;9-10H,4-8,11-20H2,1-3H3,(H,22,24);9-10H,4-8,11-19H2,1-3H3;5-6H,4,7-15H2,1-3H3;6-7H,5,8-15H2,1-4H3/q;;;;;+1/p+1/b10-9+;11-10+;2*10-9+;6-5+;7-6+. The number of likely N-dealkylation sites (N-methyl/N-ethyl adjacent to an activating group) is 3. The lowest BCUT2D eigenvalue weighted by molar-refractivity contribution is -0.885. The summed E-state index contributed by atoms with van der Waals surface area (Å²) in [6.45, 7) is 21.9. The first-order chi connectivity index (χ1) is 64.5. The zero-order valence-corrected chi connectivity index (χ0v) is 93.6. The lowest BCUT2D eigenvalue weighted by Gasteiger charge is -2.30. The Hall–Kier alpha value is -4.98. The van der Waals surface area contributed by atoms with Crippen LogP contribution in [-0.4, -0.2) is 240 Å². The quantitative estimate of drug-likeness (QED) is 0.0298. The molecule has 0 saturated heterocycles. The Kier molecular flexibility index (Phi) is 112. The van der Waals surface area contributed by atoms with Crippen molar-refractivity contribution in [1.82, 2.24) is 20.9 Å². The number of carbonyl (C=O) groups excluding carboxylic acids is 6. The van der Waals surface area contributed by atoms with Gasteiger partial charge in [-0.3, -0.25) is 14.4 Å². The van der Waals surface area contributed by atoms with Gasteiger partial charge in [-0.15, -0.1) is 0 Å². The third kappa shape index (κ3) is 142. The van der Waals surface area contributed by atoms with Crippen molar-refractivity contribution in [3.63, 3.8) is 0 Å². The summed E-state index contributed by atoms with van der Waals surface area (Å²) in [6, 6.07) is 0. The van der Waals surface area contributed by atoms with Crippen LogP contribution in [0.4, 0.5) is 0 Å². The number of hydrogen-bond acceptors (Lipinski definition) is 10. The van der Waals surface area contributed by atoms with Gasteiger partial charge in [0.2, 0.25) is 17.7 Å². The van der Waals surface area contributed by atoms with E-state index in [9.17, 15) is 44.1 Å². The maximum atomic E-state index is 11.8. The van der Waals surface area contributed by atoms with E-state index < -0.39 is 17.9 Å². The van der Waals surface area contributed by atoms with Crippen molar-refractivity contribution >= 4 is 35.6 Å². The van der Waals surface area contributed by atoms with Crippen LogP contribution in [0.15, 0.2) is 72.9 Å². The predicted octanol–water partition coefficient (Wildman–Crippen LogP) is 25.3. The van der Waals surface area contributed by atoms with Crippen molar-refractivity contribution in [2.45, 2.75) is 472 Å². The molecule has 0 spiro atoms. The topological polar surface area (TPSA) is 211 Å². The Morgan fingerprint density at radius 2 is 0.400 bits per heavy atom. The van der Waals surface area contributed by atoms with Crippen LogP contribution in [-0.2, 0) is 28.8 Å². The van der Waals surface area contributed by atoms with Crippen LogP contribution in [0, 0.1) is 0 Å². The van der Waals surface area contributed by atoms with E-state index in [2.05, 4.69) is 192 Å². The number of allylic oxidation sites excluding steroid dienone is 12. The molecule has 0 unspecified atom stereocenters. The number of hydrogen-bond donors (Lipinski definition) is 3. The highest BCUT2D eigenvalue weighted by molar-refractivity contribution is 5.76. The van der Waals surface area contributed by atoms with Gasteiger partial charge in [-0.25, -0.2) is 0 Å². The molecule has 135 heavy (non-hydrogen) atoms. The Morgan fingerprint density at radius 3 is 0.615 bits per heavy atom. The molecule has 0 bridgehead atoms. The molecule has 0 atom stereocenters. The smallest absolute Gasteiger partial charge is 0.219 e. The molecule has 0 fully saturated rings. The highest BCUT2D eigenvalue weighted by Gasteiger charge is 2.18. The Morgan fingerprint density at radius 1 is 0.222 bits per heavy atom. The fourth-order valence-electron chi connectivity index (χ4n) is 15.8. The second kappa shape index (κ2) is 108. The number of nitrogens with one attached hydrogen (secondary N) is 3. The highest BCUT2D eigenvalue weighted by Crippen LogP contribution is 2.18. The van der Waals surface area contributed by atoms with Crippen LogP contribution in [0.25, 0.3) is 0 Å². The predicted molar refractivity (Wildman–Crippen MR) is 582 cm³/mol. The summed E-state index contributed by atoms with van der Waals surface area (Å²) < 4.78 is 3.52. The lowest BCUT2D eigenvalue weighted by atomic mass is 10.1. The van der Waals surface area contributed by atoms with Gasteiger partial charge < -0.3 is 73.0 Å². The van der Waals surface area contributed by atoms with Gasteiger partial charge in [0.15, 0.2) is 0 Å². The third-order valence-corrected chi connectivity index (χ3v) is 24.3.